The molecule has 0 aromatic carbocycles. The summed E-state index contributed by atoms with van der Waals surface area (Å²) < 4.78 is 0.926. The van der Waals surface area contributed by atoms with Crippen LogP contribution in [-0.4, -0.2) is 15.0 Å². The van der Waals surface area contributed by atoms with Gasteiger partial charge in [-0.05, 0) is 46.6 Å². The Labute approximate surface area is 125 Å². The molecule has 0 saturated carbocycles. The van der Waals surface area contributed by atoms with Gasteiger partial charge in [-0.2, -0.15) is 0 Å². The maximum absolute atomic E-state index is 4.44. The summed E-state index contributed by atoms with van der Waals surface area (Å²) in [6.45, 7) is 2.10. The van der Waals surface area contributed by atoms with Crippen molar-refractivity contribution in [2.24, 2.45) is 0 Å². The monoisotopic (exact) mass is 328 g/mol. The number of hydrogen-bond acceptors (Lipinski definition) is 4. The van der Waals surface area contributed by atoms with E-state index in [0.29, 0.717) is 0 Å². The van der Waals surface area contributed by atoms with Crippen LogP contribution in [0.2, 0.25) is 0 Å². The molecule has 0 bridgehead atoms. The van der Waals surface area contributed by atoms with Gasteiger partial charge in [0.1, 0.15) is 5.52 Å². The largest absolute Gasteiger partial charge is 0.377 e. The number of nitrogens with one attached hydrogen (secondary N) is 1. The Morgan fingerprint density at radius 3 is 2.85 bits per heavy atom. The van der Waals surface area contributed by atoms with Gasteiger partial charge in [0, 0.05) is 29.3 Å². The van der Waals surface area contributed by atoms with Crippen molar-refractivity contribution in [3.05, 3.63) is 59.1 Å². The maximum Gasteiger partial charge on any atom is 0.112 e. The highest BCUT2D eigenvalue weighted by molar-refractivity contribution is 9.10. The van der Waals surface area contributed by atoms with Gasteiger partial charge in [0.25, 0.3) is 0 Å². The van der Waals surface area contributed by atoms with Gasteiger partial charge in [-0.3, -0.25) is 15.0 Å². The summed E-state index contributed by atoms with van der Waals surface area (Å²) in [5, 5.41) is 3.46. The fourth-order valence-corrected chi connectivity index (χ4v) is 2.39. The molecule has 0 amide bonds. The number of pyridine rings is 3. The van der Waals surface area contributed by atoms with E-state index < -0.39 is 0 Å². The van der Waals surface area contributed by atoms with Crippen LogP contribution in [0, 0.1) is 0 Å². The highest BCUT2D eigenvalue weighted by Gasteiger charge is 2.09. The molecule has 0 spiro atoms. The van der Waals surface area contributed by atoms with Crippen molar-refractivity contribution in [2.45, 2.75) is 13.0 Å². The summed E-state index contributed by atoms with van der Waals surface area (Å²) in [4.78, 5) is 12.9. The Bertz CT molecular complexity index is 730. The van der Waals surface area contributed by atoms with Gasteiger partial charge >= 0.3 is 0 Å². The van der Waals surface area contributed by atoms with Gasteiger partial charge in [-0.15, -0.1) is 0 Å². The summed E-state index contributed by atoms with van der Waals surface area (Å²) in [5.74, 6) is 0. The van der Waals surface area contributed by atoms with Crippen molar-refractivity contribution in [1.82, 2.24) is 15.0 Å². The van der Waals surface area contributed by atoms with Gasteiger partial charge in [0.05, 0.1) is 17.2 Å². The van der Waals surface area contributed by atoms with Crippen molar-refractivity contribution in [2.75, 3.05) is 5.32 Å². The normalized spacial score (nSPS) is 12.3. The smallest absolute Gasteiger partial charge is 0.112 e. The second kappa shape index (κ2) is 5.54. The minimum absolute atomic E-state index is 0.153. The van der Waals surface area contributed by atoms with E-state index in [-0.39, 0.29) is 6.04 Å². The zero-order chi connectivity index (χ0) is 13.9. The second-order valence-electron chi connectivity index (χ2n) is 4.53. The van der Waals surface area contributed by atoms with Gasteiger partial charge in [-0.25, -0.2) is 0 Å². The van der Waals surface area contributed by atoms with Crippen molar-refractivity contribution in [3.63, 3.8) is 0 Å². The minimum atomic E-state index is 0.153. The van der Waals surface area contributed by atoms with Crippen LogP contribution in [0.15, 0.2) is 53.5 Å². The van der Waals surface area contributed by atoms with E-state index in [2.05, 4.69) is 49.2 Å². The highest BCUT2D eigenvalue weighted by Crippen LogP contribution is 2.25. The molecule has 0 aliphatic rings. The molecule has 0 aliphatic heterocycles. The molecule has 0 saturated heterocycles. The van der Waals surface area contributed by atoms with Crippen LogP contribution < -0.4 is 5.32 Å². The lowest BCUT2D eigenvalue weighted by Gasteiger charge is -2.16. The molecule has 3 rings (SSSR count). The molecule has 3 aromatic heterocycles. The molecule has 1 N–H and O–H groups in total. The highest BCUT2D eigenvalue weighted by atomic mass is 79.9. The third-order valence-electron chi connectivity index (χ3n) is 3.10. The van der Waals surface area contributed by atoms with Crippen LogP contribution >= 0.6 is 15.9 Å². The van der Waals surface area contributed by atoms with Crippen LogP contribution in [-0.2, 0) is 0 Å². The molecule has 1 atom stereocenters. The molecule has 0 fully saturated rings. The van der Waals surface area contributed by atoms with Crippen LogP contribution in [0.5, 0.6) is 0 Å². The number of fused-ring (bicyclic) bond motifs is 1. The van der Waals surface area contributed by atoms with Crippen molar-refractivity contribution < 1.29 is 0 Å². The van der Waals surface area contributed by atoms with Crippen LogP contribution in [0.1, 0.15) is 18.5 Å². The third-order valence-corrected chi connectivity index (χ3v) is 3.53. The molecule has 4 nitrogen and oxygen atoms in total. The van der Waals surface area contributed by atoms with Gasteiger partial charge < -0.3 is 5.32 Å². The summed E-state index contributed by atoms with van der Waals surface area (Å²) in [6.07, 6.45) is 7.21. The number of nitrogens with zero attached hydrogens (tertiary/aromatic N) is 3. The zero-order valence-electron chi connectivity index (χ0n) is 10.9. The van der Waals surface area contributed by atoms with Crippen LogP contribution in [0.4, 0.5) is 5.69 Å². The number of halogens is 1. The average Bonchev–Trinajstić information content (AvgIpc) is 2.48. The van der Waals surface area contributed by atoms with E-state index in [1.165, 1.54) is 0 Å². The molecule has 0 aliphatic carbocycles. The summed E-state index contributed by atoms with van der Waals surface area (Å²) >= 11 is 3.41. The molecule has 3 heterocycles. The third kappa shape index (κ3) is 2.63. The molecular weight excluding hydrogens is 316 g/mol. The first-order valence-corrected chi connectivity index (χ1v) is 7.10. The van der Waals surface area contributed by atoms with E-state index in [1.54, 1.807) is 18.6 Å². The molecule has 100 valence electrons. The summed E-state index contributed by atoms with van der Waals surface area (Å²) in [6, 6.07) is 8.05. The molecule has 0 radical (unpaired) electrons. The summed E-state index contributed by atoms with van der Waals surface area (Å²) in [7, 11) is 0. The van der Waals surface area contributed by atoms with Crippen molar-refractivity contribution in [3.8, 4) is 0 Å². The Balaban J connectivity index is 1.95. The fourth-order valence-electron chi connectivity index (χ4n) is 2.07. The summed E-state index contributed by atoms with van der Waals surface area (Å²) in [5.41, 5.74) is 3.84. The molecule has 5 heteroatoms. The van der Waals surface area contributed by atoms with Crippen molar-refractivity contribution >= 4 is 32.7 Å². The van der Waals surface area contributed by atoms with Crippen LogP contribution in [0.3, 0.4) is 0 Å². The van der Waals surface area contributed by atoms with E-state index >= 15 is 0 Å². The molecular formula is C15H13BrN4. The maximum atomic E-state index is 4.44. The zero-order valence-corrected chi connectivity index (χ0v) is 12.5. The lowest BCUT2D eigenvalue weighted by molar-refractivity contribution is 0.876. The van der Waals surface area contributed by atoms with E-state index in [1.807, 2.05) is 24.4 Å². The number of aromatic nitrogens is 3. The van der Waals surface area contributed by atoms with Crippen LogP contribution in [0.25, 0.3) is 11.0 Å². The van der Waals surface area contributed by atoms with Gasteiger partial charge in [0.2, 0.25) is 0 Å². The molecule has 1 unspecified atom stereocenters. The standard InChI is InChI=1S/C15H13BrN4/c1-10(11-3-2-5-17-8-11)20-13-4-6-18-14-7-12(16)9-19-15(13)14/h2-10H,1H3,(H,18,20). The number of anilines is 1. The predicted molar refractivity (Wildman–Crippen MR) is 83.5 cm³/mol. The predicted octanol–water partition coefficient (Wildman–Crippen LogP) is 3.96. The first kappa shape index (κ1) is 13.0. The Morgan fingerprint density at radius 1 is 1.15 bits per heavy atom. The van der Waals surface area contributed by atoms with E-state index in [4.69, 9.17) is 0 Å². The Kier molecular flexibility index (Phi) is 3.60. The average molecular weight is 329 g/mol. The number of rotatable bonds is 3. The first-order chi connectivity index (χ1) is 9.74. The minimum Gasteiger partial charge on any atom is -0.377 e. The fraction of sp³-hybridized carbons (Fsp3) is 0.133. The quantitative estimate of drug-likeness (QED) is 0.790. The first-order valence-electron chi connectivity index (χ1n) is 6.31. The van der Waals surface area contributed by atoms with Gasteiger partial charge in [0.15, 0.2) is 0 Å². The molecule has 3 aromatic rings. The van der Waals surface area contributed by atoms with E-state index in [0.717, 1.165) is 26.8 Å². The van der Waals surface area contributed by atoms with Crippen molar-refractivity contribution in [1.29, 1.82) is 0 Å². The molecule has 20 heavy (non-hydrogen) atoms. The topological polar surface area (TPSA) is 50.7 Å². The Hall–Kier alpha value is -2.01. The second-order valence-corrected chi connectivity index (χ2v) is 5.45. The SMILES string of the molecule is CC(Nc1ccnc2cc(Br)cnc12)c1cccnc1. The van der Waals surface area contributed by atoms with Gasteiger partial charge in [-0.1, -0.05) is 6.07 Å². The lowest BCUT2D eigenvalue weighted by atomic mass is 10.1. The lowest BCUT2D eigenvalue weighted by Crippen LogP contribution is -2.07. The number of hydrogen-bond donors (Lipinski definition) is 1. The Morgan fingerprint density at radius 2 is 2.05 bits per heavy atom. The van der Waals surface area contributed by atoms with E-state index in [9.17, 15) is 0 Å².